The molecule has 1 rings (SSSR count). The highest BCUT2D eigenvalue weighted by molar-refractivity contribution is 8.00. The number of aliphatic hydroxyl groups excluding tert-OH is 1. The van der Waals surface area contributed by atoms with E-state index in [0.717, 1.165) is 22.7 Å². The van der Waals surface area contributed by atoms with Crippen LogP contribution in [0.4, 0.5) is 0 Å². The van der Waals surface area contributed by atoms with E-state index in [1.807, 2.05) is 26.0 Å². The van der Waals surface area contributed by atoms with Crippen LogP contribution in [0.1, 0.15) is 51.5 Å². The smallest absolute Gasteiger partial charge is 0.0968 e. The molecule has 1 aromatic heterocycles. The standard InChI is InChI=1S/C13H21NOS/c1-6-11(15)10-7-8-12(14-9(10)2)16-13(3,4)5/h7-8,11,15H,6H2,1-5H3/t11-/m1/s1. The average molecular weight is 239 g/mol. The molecular formula is C13H21NOS. The summed E-state index contributed by atoms with van der Waals surface area (Å²) < 4.78 is 0.171. The minimum Gasteiger partial charge on any atom is -0.388 e. The zero-order chi connectivity index (χ0) is 12.3. The highest BCUT2D eigenvalue weighted by Gasteiger charge is 2.15. The third-order valence-electron chi connectivity index (χ3n) is 2.26. The molecule has 16 heavy (non-hydrogen) atoms. The van der Waals surface area contributed by atoms with E-state index < -0.39 is 0 Å². The van der Waals surface area contributed by atoms with Gasteiger partial charge in [-0.2, -0.15) is 0 Å². The van der Waals surface area contributed by atoms with E-state index in [1.54, 1.807) is 11.8 Å². The summed E-state index contributed by atoms with van der Waals surface area (Å²) in [5, 5.41) is 10.8. The Hall–Kier alpha value is -0.540. The molecule has 2 nitrogen and oxygen atoms in total. The fourth-order valence-electron chi connectivity index (χ4n) is 1.49. The van der Waals surface area contributed by atoms with Crippen molar-refractivity contribution < 1.29 is 5.11 Å². The zero-order valence-corrected chi connectivity index (χ0v) is 11.6. The second-order valence-corrected chi connectivity index (χ2v) is 6.81. The average Bonchev–Trinajstić information content (AvgIpc) is 2.14. The lowest BCUT2D eigenvalue weighted by atomic mass is 10.1. The Bertz CT molecular complexity index is 357. The lowest BCUT2D eigenvalue weighted by Crippen LogP contribution is -2.08. The third-order valence-corrected chi connectivity index (χ3v) is 3.31. The molecule has 1 aromatic rings. The highest BCUT2D eigenvalue weighted by Crippen LogP contribution is 2.31. The van der Waals surface area contributed by atoms with Crippen molar-refractivity contribution >= 4 is 11.8 Å². The third kappa shape index (κ3) is 3.80. The highest BCUT2D eigenvalue weighted by atomic mass is 32.2. The number of rotatable bonds is 3. The number of hydrogen-bond donors (Lipinski definition) is 1. The molecule has 1 atom stereocenters. The van der Waals surface area contributed by atoms with Crippen LogP contribution in [0.25, 0.3) is 0 Å². The number of pyridine rings is 1. The summed E-state index contributed by atoms with van der Waals surface area (Å²) in [5.74, 6) is 0. The van der Waals surface area contributed by atoms with Crippen molar-refractivity contribution in [1.29, 1.82) is 0 Å². The number of aryl methyl sites for hydroxylation is 1. The van der Waals surface area contributed by atoms with Crippen molar-refractivity contribution in [2.75, 3.05) is 0 Å². The van der Waals surface area contributed by atoms with Crippen molar-refractivity contribution in [2.45, 2.75) is 56.9 Å². The molecule has 0 amide bonds. The van der Waals surface area contributed by atoms with E-state index in [-0.39, 0.29) is 10.9 Å². The second-order valence-electron chi connectivity index (χ2n) is 4.96. The first-order valence-corrected chi connectivity index (χ1v) is 6.49. The molecule has 1 heterocycles. The topological polar surface area (TPSA) is 33.1 Å². The van der Waals surface area contributed by atoms with Gasteiger partial charge in [-0.3, -0.25) is 0 Å². The quantitative estimate of drug-likeness (QED) is 0.816. The van der Waals surface area contributed by atoms with Crippen LogP contribution in [0.15, 0.2) is 17.2 Å². The van der Waals surface area contributed by atoms with Gasteiger partial charge < -0.3 is 5.11 Å². The maximum Gasteiger partial charge on any atom is 0.0968 e. The Labute approximate surface area is 102 Å². The van der Waals surface area contributed by atoms with Gasteiger partial charge in [0.1, 0.15) is 0 Å². The SMILES string of the molecule is CC[C@@H](O)c1ccc(SC(C)(C)C)nc1C. The van der Waals surface area contributed by atoms with Crippen molar-refractivity contribution in [3.63, 3.8) is 0 Å². The molecule has 0 aliphatic heterocycles. The summed E-state index contributed by atoms with van der Waals surface area (Å²) in [4.78, 5) is 4.53. The molecule has 0 fully saturated rings. The molecule has 0 aliphatic carbocycles. The van der Waals surface area contributed by atoms with Gasteiger partial charge in [-0.15, -0.1) is 11.8 Å². The monoisotopic (exact) mass is 239 g/mol. The van der Waals surface area contributed by atoms with Crippen LogP contribution < -0.4 is 0 Å². The van der Waals surface area contributed by atoms with Crippen molar-refractivity contribution in [3.05, 3.63) is 23.4 Å². The molecule has 0 radical (unpaired) electrons. The van der Waals surface area contributed by atoms with Crippen molar-refractivity contribution in [3.8, 4) is 0 Å². The molecular weight excluding hydrogens is 218 g/mol. The lowest BCUT2D eigenvalue weighted by molar-refractivity contribution is 0.172. The van der Waals surface area contributed by atoms with Gasteiger partial charge in [-0.05, 0) is 19.4 Å². The molecule has 3 heteroatoms. The first-order chi connectivity index (χ1) is 7.33. The summed E-state index contributed by atoms with van der Waals surface area (Å²) in [7, 11) is 0. The van der Waals surface area contributed by atoms with Crippen molar-refractivity contribution in [1.82, 2.24) is 4.98 Å². The van der Waals surface area contributed by atoms with Crippen LogP contribution in [-0.4, -0.2) is 14.8 Å². The Balaban J connectivity index is 2.91. The number of aliphatic hydroxyl groups is 1. The van der Waals surface area contributed by atoms with E-state index in [4.69, 9.17) is 0 Å². The van der Waals surface area contributed by atoms with Gasteiger partial charge in [-0.1, -0.05) is 33.8 Å². The fourth-order valence-corrected chi connectivity index (χ4v) is 2.44. The molecule has 0 unspecified atom stereocenters. The van der Waals surface area contributed by atoms with Crippen LogP contribution in [0.5, 0.6) is 0 Å². The molecule has 0 bridgehead atoms. The molecule has 0 spiro atoms. The number of thioether (sulfide) groups is 1. The Morgan fingerprint density at radius 3 is 2.44 bits per heavy atom. The number of aromatic nitrogens is 1. The summed E-state index contributed by atoms with van der Waals surface area (Å²) in [6.07, 6.45) is 0.343. The van der Waals surface area contributed by atoms with Crippen LogP contribution in [-0.2, 0) is 0 Å². The number of hydrogen-bond acceptors (Lipinski definition) is 3. The fraction of sp³-hybridized carbons (Fsp3) is 0.615. The minimum atomic E-state index is -0.388. The van der Waals surface area contributed by atoms with Gasteiger partial charge in [0.05, 0.1) is 11.1 Å². The maximum absolute atomic E-state index is 9.79. The normalized spacial score (nSPS) is 13.9. The second kappa shape index (κ2) is 5.19. The van der Waals surface area contributed by atoms with E-state index in [1.165, 1.54) is 0 Å². The van der Waals surface area contributed by atoms with Crippen LogP contribution in [0.3, 0.4) is 0 Å². The molecule has 90 valence electrons. The summed E-state index contributed by atoms with van der Waals surface area (Å²) >= 11 is 1.75. The van der Waals surface area contributed by atoms with E-state index in [0.29, 0.717) is 0 Å². The van der Waals surface area contributed by atoms with Crippen molar-refractivity contribution in [2.24, 2.45) is 0 Å². The van der Waals surface area contributed by atoms with Gasteiger partial charge in [-0.25, -0.2) is 4.98 Å². The molecule has 0 saturated heterocycles. The zero-order valence-electron chi connectivity index (χ0n) is 10.7. The largest absolute Gasteiger partial charge is 0.388 e. The summed E-state index contributed by atoms with van der Waals surface area (Å²) in [6, 6.07) is 3.99. The first kappa shape index (κ1) is 13.5. The predicted molar refractivity (Wildman–Crippen MR) is 69.8 cm³/mol. The van der Waals surface area contributed by atoms with Gasteiger partial charge in [0.2, 0.25) is 0 Å². The van der Waals surface area contributed by atoms with Crippen LogP contribution >= 0.6 is 11.8 Å². The minimum absolute atomic E-state index is 0.171. The molecule has 0 aliphatic rings. The Kier molecular flexibility index (Phi) is 4.39. The summed E-state index contributed by atoms with van der Waals surface area (Å²) in [5.41, 5.74) is 1.88. The Morgan fingerprint density at radius 1 is 1.38 bits per heavy atom. The number of nitrogens with zero attached hydrogens (tertiary/aromatic N) is 1. The van der Waals surface area contributed by atoms with Crippen LogP contribution in [0.2, 0.25) is 0 Å². The van der Waals surface area contributed by atoms with Gasteiger partial charge in [0.25, 0.3) is 0 Å². The van der Waals surface area contributed by atoms with Gasteiger partial charge in [0, 0.05) is 16.0 Å². The van der Waals surface area contributed by atoms with Crippen LogP contribution in [0, 0.1) is 6.92 Å². The molecule has 0 saturated carbocycles. The van der Waals surface area contributed by atoms with Gasteiger partial charge >= 0.3 is 0 Å². The Morgan fingerprint density at radius 2 is 2.00 bits per heavy atom. The van der Waals surface area contributed by atoms with E-state index >= 15 is 0 Å². The maximum atomic E-state index is 9.79. The lowest BCUT2D eigenvalue weighted by Gasteiger charge is -2.18. The first-order valence-electron chi connectivity index (χ1n) is 5.68. The van der Waals surface area contributed by atoms with E-state index in [9.17, 15) is 5.11 Å². The van der Waals surface area contributed by atoms with E-state index in [2.05, 4.69) is 25.8 Å². The molecule has 0 aromatic carbocycles. The predicted octanol–water partition coefficient (Wildman–Crippen LogP) is 3.72. The summed E-state index contributed by atoms with van der Waals surface area (Å²) in [6.45, 7) is 10.4. The molecule has 1 N–H and O–H groups in total. The van der Waals surface area contributed by atoms with Gasteiger partial charge in [0.15, 0.2) is 0 Å².